The number of esters is 2. The Balaban J connectivity index is 2.01. The highest BCUT2D eigenvalue weighted by Crippen LogP contribution is 2.45. The Kier molecular flexibility index (Phi) is 14.0. The molecule has 3 aliphatic rings. The van der Waals surface area contributed by atoms with Crippen LogP contribution in [0.15, 0.2) is 12.2 Å². The molecule has 0 bridgehead atoms. The first kappa shape index (κ1) is 38.3. The first-order chi connectivity index (χ1) is 21.6. The summed E-state index contributed by atoms with van der Waals surface area (Å²) in [6.45, 7) is 13.2. The van der Waals surface area contributed by atoms with E-state index in [2.05, 4.69) is 0 Å². The zero-order valence-corrected chi connectivity index (χ0v) is 29.2. The third kappa shape index (κ3) is 9.69. The van der Waals surface area contributed by atoms with Crippen LogP contribution in [0, 0.1) is 23.7 Å². The van der Waals surface area contributed by atoms with E-state index in [1.54, 1.807) is 19.1 Å². The number of likely N-dealkylation sites (N-methyl/N-ethyl adjacent to an activating group) is 1. The van der Waals surface area contributed by atoms with E-state index in [0.29, 0.717) is 19.3 Å². The summed E-state index contributed by atoms with van der Waals surface area (Å²) in [5.74, 6) is -2.83. The lowest BCUT2D eigenvalue weighted by Crippen LogP contribution is -2.57. The molecule has 0 radical (unpaired) electrons. The monoisotopic (exact) mass is 651 g/mol. The second-order valence-electron chi connectivity index (χ2n) is 14.1. The molecule has 0 aromatic heterocycles. The Bertz CT molecular complexity index is 1080. The third-order valence-electron chi connectivity index (χ3n) is 9.99. The van der Waals surface area contributed by atoms with Crippen molar-refractivity contribution in [1.29, 1.82) is 0 Å². The van der Waals surface area contributed by atoms with Gasteiger partial charge >= 0.3 is 11.9 Å². The van der Waals surface area contributed by atoms with Gasteiger partial charge in [0, 0.05) is 30.6 Å². The van der Waals surface area contributed by atoms with Gasteiger partial charge in [-0.15, -0.1) is 0 Å². The average Bonchev–Trinajstić information content (AvgIpc) is 3.68. The quantitative estimate of drug-likeness (QED) is 0.220. The predicted molar refractivity (Wildman–Crippen MR) is 171 cm³/mol. The first-order valence-corrected chi connectivity index (χ1v) is 17.0. The van der Waals surface area contributed by atoms with Crippen molar-refractivity contribution in [3.8, 4) is 0 Å². The maximum absolute atomic E-state index is 13.4. The molecule has 0 saturated carbocycles. The summed E-state index contributed by atoms with van der Waals surface area (Å²) in [4.78, 5) is 53.3. The Morgan fingerprint density at radius 3 is 2.41 bits per heavy atom. The van der Waals surface area contributed by atoms with E-state index in [0.717, 1.165) is 6.29 Å². The minimum absolute atomic E-state index is 0.0471. The summed E-state index contributed by atoms with van der Waals surface area (Å²) < 4.78 is 30.8. The van der Waals surface area contributed by atoms with Crippen molar-refractivity contribution >= 4 is 24.0 Å². The van der Waals surface area contributed by atoms with E-state index in [-0.39, 0.29) is 61.6 Å². The Hall–Kier alpha value is -2.18. The number of hydrogen-bond donors (Lipinski definition) is 1. The average molecular weight is 652 g/mol. The summed E-state index contributed by atoms with van der Waals surface area (Å²) in [6.07, 6.45) is 1.45. The molecule has 11 heteroatoms. The molecule has 0 aromatic rings. The minimum atomic E-state index is -1.19. The number of nitrogens with zero attached hydrogens (tertiary/aromatic N) is 1. The third-order valence-corrected chi connectivity index (χ3v) is 9.99. The highest BCUT2D eigenvalue weighted by atomic mass is 16.7. The van der Waals surface area contributed by atoms with Gasteiger partial charge in [0.25, 0.3) is 0 Å². The molecule has 3 aliphatic heterocycles. The zero-order valence-electron chi connectivity index (χ0n) is 29.2. The largest absolute Gasteiger partial charge is 0.462 e. The maximum Gasteiger partial charge on any atom is 0.308 e. The van der Waals surface area contributed by atoms with Gasteiger partial charge in [0.2, 0.25) is 0 Å². The van der Waals surface area contributed by atoms with Gasteiger partial charge in [-0.2, -0.15) is 0 Å². The Morgan fingerprint density at radius 1 is 1.11 bits per heavy atom. The van der Waals surface area contributed by atoms with Gasteiger partial charge in [0.1, 0.15) is 18.0 Å². The van der Waals surface area contributed by atoms with E-state index < -0.39 is 60.0 Å². The van der Waals surface area contributed by atoms with Crippen LogP contribution in [0.2, 0.25) is 0 Å². The molecule has 1 N–H and O–H groups in total. The van der Waals surface area contributed by atoms with Crippen molar-refractivity contribution in [2.45, 2.75) is 148 Å². The van der Waals surface area contributed by atoms with Crippen LogP contribution in [0.3, 0.4) is 0 Å². The number of carbonyl (C=O) groups excluding carboxylic acids is 4. The molecular formula is C35H57NO10. The lowest BCUT2D eigenvalue weighted by Gasteiger charge is -2.45. The fourth-order valence-corrected chi connectivity index (χ4v) is 7.02. The fourth-order valence-electron chi connectivity index (χ4n) is 7.02. The SMILES string of the molecule is CCCC(=O)O[C@@H]1[C@@H](O[C@H]2[C@@H](CC=O)C[C@@H](C)C(=O)/C=C/[C@]3(C)O[C@@H]3[C@H](C)[C@H](CC)OC(=O)C[C@@H](O)[C@@H]2C)O[C@@H](C)C[C@H]1N(C)C. The van der Waals surface area contributed by atoms with Gasteiger partial charge in [0.15, 0.2) is 18.2 Å². The molecular weight excluding hydrogens is 594 g/mol. The summed E-state index contributed by atoms with van der Waals surface area (Å²) in [7, 11) is 3.81. The van der Waals surface area contributed by atoms with Crippen LogP contribution in [0.1, 0.15) is 93.4 Å². The highest BCUT2D eigenvalue weighted by molar-refractivity contribution is 5.91. The zero-order chi connectivity index (χ0) is 34.3. The number of aliphatic hydroxyl groups excluding tert-OH is 1. The molecule has 2 fully saturated rings. The minimum Gasteiger partial charge on any atom is -0.462 e. The summed E-state index contributed by atoms with van der Waals surface area (Å²) >= 11 is 0. The smallest absolute Gasteiger partial charge is 0.308 e. The number of allylic oxidation sites excluding steroid dienone is 1. The molecule has 11 nitrogen and oxygen atoms in total. The van der Waals surface area contributed by atoms with Gasteiger partial charge in [-0.1, -0.05) is 34.6 Å². The molecule has 0 aromatic carbocycles. The molecule has 0 amide bonds. The molecule has 0 unspecified atom stereocenters. The number of fused-ring (bicyclic) bond motifs is 1. The molecule has 2 saturated heterocycles. The second kappa shape index (κ2) is 16.8. The van der Waals surface area contributed by atoms with Crippen LogP contribution in [0.5, 0.6) is 0 Å². The number of epoxide rings is 1. The molecule has 46 heavy (non-hydrogen) atoms. The number of carbonyl (C=O) groups is 4. The molecule has 3 heterocycles. The van der Waals surface area contributed by atoms with E-state index in [1.165, 1.54) is 0 Å². The van der Waals surface area contributed by atoms with Gasteiger partial charge in [-0.3, -0.25) is 14.4 Å². The van der Waals surface area contributed by atoms with Crippen LogP contribution >= 0.6 is 0 Å². The van der Waals surface area contributed by atoms with Crippen molar-refractivity contribution in [3.05, 3.63) is 12.2 Å². The van der Waals surface area contributed by atoms with Crippen molar-refractivity contribution in [1.82, 2.24) is 4.90 Å². The van der Waals surface area contributed by atoms with Crippen LogP contribution in [-0.4, -0.2) is 103 Å². The van der Waals surface area contributed by atoms with Gasteiger partial charge in [-0.05, 0) is 71.7 Å². The van der Waals surface area contributed by atoms with Crippen molar-refractivity contribution in [3.63, 3.8) is 0 Å². The van der Waals surface area contributed by atoms with Crippen molar-refractivity contribution in [2.75, 3.05) is 14.1 Å². The normalized spacial score (nSPS) is 41.7. The summed E-state index contributed by atoms with van der Waals surface area (Å²) in [5, 5.41) is 11.5. The van der Waals surface area contributed by atoms with Crippen molar-refractivity contribution in [2.24, 2.45) is 23.7 Å². The molecule has 13 atom stereocenters. The van der Waals surface area contributed by atoms with E-state index >= 15 is 0 Å². The van der Waals surface area contributed by atoms with E-state index in [4.69, 9.17) is 23.7 Å². The number of cyclic esters (lactones) is 1. The van der Waals surface area contributed by atoms with Crippen LogP contribution < -0.4 is 0 Å². The second-order valence-corrected chi connectivity index (χ2v) is 14.1. The molecule has 0 spiro atoms. The highest BCUT2D eigenvalue weighted by Gasteiger charge is 2.55. The predicted octanol–water partition coefficient (Wildman–Crippen LogP) is 4.02. The number of aliphatic hydroxyl groups is 1. The maximum atomic E-state index is 13.4. The summed E-state index contributed by atoms with van der Waals surface area (Å²) in [5.41, 5.74) is -0.657. The molecule has 0 aliphatic carbocycles. The van der Waals surface area contributed by atoms with Crippen LogP contribution in [-0.2, 0) is 42.9 Å². The van der Waals surface area contributed by atoms with Crippen LogP contribution in [0.25, 0.3) is 0 Å². The van der Waals surface area contributed by atoms with E-state index in [1.807, 2.05) is 60.5 Å². The number of hydrogen-bond acceptors (Lipinski definition) is 11. The Labute approximate surface area is 274 Å². The number of ketones is 1. The molecule has 262 valence electrons. The van der Waals surface area contributed by atoms with Gasteiger partial charge < -0.3 is 38.5 Å². The fraction of sp³-hybridized carbons (Fsp3) is 0.829. The standard InChI is InChI=1S/C35H57NO10/c1-10-12-29(40)44-32-25(36(8)9)18-21(4)42-34(32)45-31-22(5)27(39)19-30(41)43-28(11-2)23(6)33-35(7,46-33)15-13-26(38)20(3)17-24(31)14-16-37/h13,15-16,20-25,27-28,31-34,39H,10-12,14,17-19H2,1-9H3/b15-13+/t20-,21+,22+,23-,24+,25-,27-,28+,31-,32+,33-,34-,35+/m1/s1. The first-order valence-electron chi connectivity index (χ1n) is 17.0. The lowest BCUT2D eigenvalue weighted by atomic mass is 9.79. The number of ether oxygens (including phenoxy) is 5. The number of rotatable bonds is 9. The van der Waals surface area contributed by atoms with Crippen LogP contribution in [0.4, 0.5) is 0 Å². The molecule has 3 rings (SSSR count). The topological polar surface area (TPSA) is 141 Å². The van der Waals surface area contributed by atoms with Crippen molar-refractivity contribution < 1.29 is 48.0 Å². The lowest BCUT2D eigenvalue weighted by molar-refractivity contribution is -0.287. The Morgan fingerprint density at radius 2 is 1.80 bits per heavy atom. The van der Waals surface area contributed by atoms with E-state index in [9.17, 15) is 24.3 Å². The van der Waals surface area contributed by atoms with Gasteiger partial charge in [-0.25, -0.2) is 0 Å². The summed E-state index contributed by atoms with van der Waals surface area (Å²) in [6, 6.07) is -0.214. The van der Waals surface area contributed by atoms with Gasteiger partial charge in [0.05, 0.1) is 36.9 Å². The number of aldehydes is 1.